The third-order valence-corrected chi connectivity index (χ3v) is 3.90. The van der Waals surface area contributed by atoms with E-state index in [4.69, 9.17) is 4.74 Å². The van der Waals surface area contributed by atoms with Gasteiger partial charge in [0.05, 0.1) is 0 Å². The van der Waals surface area contributed by atoms with Gasteiger partial charge >= 0.3 is 6.03 Å². The highest BCUT2D eigenvalue weighted by Gasteiger charge is 2.14. The number of halogens is 1. The molecule has 0 aromatic heterocycles. The minimum Gasteiger partial charge on any atom is -0.381 e. The Balaban J connectivity index is 1.49. The van der Waals surface area contributed by atoms with E-state index in [1.807, 2.05) is 0 Å². The molecule has 0 bridgehead atoms. The van der Waals surface area contributed by atoms with E-state index in [2.05, 4.69) is 16.0 Å². The number of nitrogens with one attached hydrogen (secondary N) is 3. The number of carbonyl (C=O) groups is 2. The highest BCUT2D eigenvalue weighted by Crippen LogP contribution is 2.17. The Morgan fingerprint density at radius 3 is 2.50 bits per heavy atom. The van der Waals surface area contributed by atoms with E-state index in [1.165, 1.54) is 24.3 Å². The Bertz CT molecular complexity index is 530. The van der Waals surface area contributed by atoms with Crippen LogP contribution >= 0.6 is 0 Å². The van der Waals surface area contributed by atoms with Crippen molar-refractivity contribution in [2.45, 2.75) is 19.3 Å². The van der Waals surface area contributed by atoms with E-state index in [0.29, 0.717) is 31.1 Å². The van der Waals surface area contributed by atoms with Gasteiger partial charge in [0.15, 0.2) is 0 Å². The van der Waals surface area contributed by atoms with Crippen LogP contribution < -0.4 is 16.0 Å². The van der Waals surface area contributed by atoms with E-state index >= 15 is 0 Å². The number of rotatable bonds is 8. The molecular weight excluding hydrogens is 313 g/mol. The molecule has 132 valence electrons. The number of benzene rings is 1. The van der Waals surface area contributed by atoms with E-state index in [9.17, 15) is 14.0 Å². The molecule has 2 rings (SSSR count). The minimum absolute atomic E-state index is 0.242. The molecule has 1 aromatic rings. The van der Waals surface area contributed by atoms with Gasteiger partial charge in [-0.25, -0.2) is 9.18 Å². The summed E-state index contributed by atoms with van der Waals surface area (Å²) in [6, 6.07) is 5.06. The maximum Gasteiger partial charge on any atom is 0.314 e. The first kappa shape index (κ1) is 18.2. The van der Waals surface area contributed by atoms with Crippen LogP contribution in [0.25, 0.3) is 0 Å². The fourth-order valence-corrected chi connectivity index (χ4v) is 2.52. The third kappa shape index (κ3) is 6.54. The lowest BCUT2D eigenvalue weighted by molar-refractivity contribution is 0.0953. The molecule has 6 nitrogen and oxygen atoms in total. The van der Waals surface area contributed by atoms with Crippen molar-refractivity contribution in [2.24, 2.45) is 5.92 Å². The van der Waals surface area contributed by atoms with Crippen LogP contribution in [0.3, 0.4) is 0 Å². The summed E-state index contributed by atoms with van der Waals surface area (Å²) in [6.45, 7) is 2.95. The van der Waals surface area contributed by atoms with E-state index < -0.39 is 0 Å². The fourth-order valence-electron chi connectivity index (χ4n) is 2.52. The summed E-state index contributed by atoms with van der Waals surface area (Å²) in [5.74, 6) is -0.0575. The summed E-state index contributed by atoms with van der Waals surface area (Å²) in [5, 5.41) is 8.13. The molecule has 1 aromatic carbocycles. The molecule has 1 fully saturated rings. The van der Waals surface area contributed by atoms with Crippen LogP contribution in [0, 0.1) is 11.7 Å². The van der Waals surface area contributed by atoms with Crippen LogP contribution in [-0.2, 0) is 4.74 Å². The molecule has 3 N–H and O–H groups in total. The standard InChI is InChI=1S/C17H24FN3O3/c18-15-5-3-14(4-6-15)16(22)19-9-10-21-17(23)20-8-1-2-13-7-11-24-12-13/h3-6,13H,1-2,7-12H2,(H,19,22)(H2,20,21,23)/t13-/m0/s1. The van der Waals surface area contributed by atoms with Gasteiger partial charge < -0.3 is 20.7 Å². The second kappa shape index (κ2) is 9.87. The zero-order valence-electron chi connectivity index (χ0n) is 13.6. The molecular formula is C17H24FN3O3. The maximum absolute atomic E-state index is 12.8. The lowest BCUT2D eigenvalue weighted by atomic mass is 10.0. The second-order valence-electron chi connectivity index (χ2n) is 5.82. The average Bonchev–Trinajstić information content (AvgIpc) is 3.09. The van der Waals surface area contributed by atoms with E-state index in [1.54, 1.807) is 0 Å². The van der Waals surface area contributed by atoms with E-state index in [0.717, 1.165) is 32.5 Å². The summed E-state index contributed by atoms with van der Waals surface area (Å²) >= 11 is 0. The lowest BCUT2D eigenvalue weighted by Crippen LogP contribution is -2.40. The number of hydrogen-bond donors (Lipinski definition) is 3. The monoisotopic (exact) mass is 337 g/mol. The number of carbonyl (C=O) groups excluding carboxylic acids is 2. The molecule has 1 atom stereocenters. The van der Waals surface area contributed by atoms with Crippen molar-refractivity contribution in [1.29, 1.82) is 0 Å². The van der Waals surface area contributed by atoms with Crippen molar-refractivity contribution >= 4 is 11.9 Å². The Morgan fingerprint density at radius 1 is 1.08 bits per heavy atom. The molecule has 0 unspecified atom stereocenters. The Hall–Kier alpha value is -2.15. The van der Waals surface area contributed by atoms with Crippen LogP contribution in [-0.4, -0.2) is 44.8 Å². The average molecular weight is 337 g/mol. The summed E-state index contributed by atoms with van der Waals surface area (Å²) in [6.07, 6.45) is 3.11. The molecule has 0 radical (unpaired) electrons. The molecule has 1 heterocycles. The van der Waals surface area contributed by atoms with Crippen LogP contribution in [0.5, 0.6) is 0 Å². The van der Waals surface area contributed by atoms with Crippen molar-refractivity contribution in [3.63, 3.8) is 0 Å². The molecule has 0 spiro atoms. The summed E-state index contributed by atoms with van der Waals surface area (Å²) in [7, 11) is 0. The Morgan fingerprint density at radius 2 is 1.79 bits per heavy atom. The molecule has 24 heavy (non-hydrogen) atoms. The maximum atomic E-state index is 12.8. The first-order valence-corrected chi connectivity index (χ1v) is 8.28. The Kier molecular flexibility index (Phi) is 7.48. The van der Waals surface area contributed by atoms with Gasteiger partial charge in [-0.3, -0.25) is 4.79 Å². The van der Waals surface area contributed by atoms with Crippen LogP contribution in [0.15, 0.2) is 24.3 Å². The topological polar surface area (TPSA) is 79.5 Å². The summed E-state index contributed by atoms with van der Waals surface area (Å²) in [4.78, 5) is 23.4. The van der Waals surface area contributed by atoms with Gasteiger partial charge in [0.1, 0.15) is 5.82 Å². The third-order valence-electron chi connectivity index (χ3n) is 3.90. The largest absolute Gasteiger partial charge is 0.381 e. The van der Waals surface area contributed by atoms with Gasteiger partial charge in [-0.2, -0.15) is 0 Å². The SMILES string of the molecule is O=C(NCCC[C@H]1CCOC1)NCCNC(=O)c1ccc(F)cc1. The number of amides is 3. The molecule has 1 saturated heterocycles. The van der Waals surface area contributed by atoms with Crippen molar-refractivity contribution in [2.75, 3.05) is 32.8 Å². The first-order valence-electron chi connectivity index (χ1n) is 8.28. The van der Waals surface area contributed by atoms with Crippen molar-refractivity contribution in [1.82, 2.24) is 16.0 Å². The molecule has 1 aliphatic rings. The zero-order valence-corrected chi connectivity index (χ0v) is 13.6. The molecule has 1 aliphatic heterocycles. The zero-order chi connectivity index (χ0) is 17.2. The van der Waals surface area contributed by atoms with Gasteiger partial charge in [0.2, 0.25) is 0 Å². The highest BCUT2D eigenvalue weighted by atomic mass is 19.1. The van der Waals surface area contributed by atoms with Gasteiger partial charge in [-0.05, 0) is 49.4 Å². The molecule has 0 aliphatic carbocycles. The van der Waals surface area contributed by atoms with Crippen molar-refractivity contribution in [3.8, 4) is 0 Å². The van der Waals surface area contributed by atoms with Gasteiger partial charge in [0.25, 0.3) is 5.91 Å². The normalized spacial score (nSPS) is 16.6. The van der Waals surface area contributed by atoms with Crippen molar-refractivity contribution < 1.29 is 18.7 Å². The van der Waals surface area contributed by atoms with Gasteiger partial charge in [-0.15, -0.1) is 0 Å². The molecule has 3 amide bonds. The van der Waals surface area contributed by atoms with Crippen molar-refractivity contribution in [3.05, 3.63) is 35.6 Å². The van der Waals surface area contributed by atoms with Gasteiger partial charge in [-0.1, -0.05) is 0 Å². The van der Waals surface area contributed by atoms with Gasteiger partial charge in [0, 0.05) is 38.4 Å². The molecule has 7 heteroatoms. The fraction of sp³-hybridized carbons (Fsp3) is 0.529. The predicted octanol–water partition coefficient (Wildman–Crippen LogP) is 1.67. The van der Waals surface area contributed by atoms with Crippen LogP contribution in [0.2, 0.25) is 0 Å². The predicted molar refractivity (Wildman–Crippen MR) is 88.3 cm³/mol. The number of ether oxygens (including phenoxy) is 1. The number of hydrogen-bond acceptors (Lipinski definition) is 3. The minimum atomic E-state index is -0.384. The number of urea groups is 1. The van der Waals surface area contributed by atoms with Crippen LogP contribution in [0.4, 0.5) is 9.18 Å². The highest BCUT2D eigenvalue weighted by molar-refractivity contribution is 5.94. The first-order chi connectivity index (χ1) is 11.6. The lowest BCUT2D eigenvalue weighted by Gasteiger charge is -2.10. The quantitative estimate of drug-likeness (QED) is 0.631. The second-order valence-corrected chi connectivity index (χ2v) is 5.82. The summed E-state index contributed by atoms with van der Waals surface area (Å²) in [5.41, 5.74) is 0.386. The smallest absolute Gasteiger partial charge is 0.314 e. The van der Waals surface area contributed by atoms with Crippen LogP contribution in [0.1, 0.15) is 29.6 Å². The molecule has 0 saturated carbocycles. The van der Waals surface area contributed by atoms with E-state index in [-0.39, 0.29) is 17.8 Å². The summed E-state index contributed by atoms with van der Waals surface area (Å²) < 4.78 is 18.1. The Labute approximate surface area is 141 Å².